The molecule has 0 saturated carbocycles. The third kappa shape index (κ3) is 4.05. The third-order valence-electron chi connectivity index (χ3n) is 3.22. The normalized spacial score (nSPS) is 12.2. The second-order valence-corrected chi connectivity index (χ2v) is 5.41. The first kappa shape index (κ1) is 16.5. The van der Waals surface area contributed by atoms with E-state index in [9.17, 15) is 9.18 Å². The van der Waals surface area contributed by atoms with Gasteiger partial charge in [0.2, 0.25) is 5.91 Å². The predicted molar refractivity (Wildman–Crippen MR) is 84.3 cm³/mol. The first-order valence-electron chi connectivity index (χ1n) is 7.03. The zero-order chi connectivity index (χ0) is 16.1. The molecule has 0 bridgehead atoms. The monoisotopic (exact) mass is 324 g/mol. The fourth-order valence-corrected chi connectivity index (χ4v) is 2.15. The van der Waals surface area contributed by atoms with E-state index in [1.807, 2.05) is 6.92 Å². The highest BCUT2D eigenvalue weighted by Gasteiger charge is 2.14. The first-order chi connectivity index (χ1) is 10.5. The molecule has 0 aliphatic rings. The van der Waals surface area contributed by atoms with Crippen LogP contribution in [0.15, 0.2) is 30.5 Å². The van der Waals surface area contributed by atoms with Crippen molar-refractivity contribution in [3.05, 3.63) is 46.9 Å². The average molecular weight is 325 g/mol. The zero-order valence-corrected chi connectivity index (χ0v) is 13.0. The summed E-state index contributed by atoms with van der Waals surface area (Å²) in [5, 5.41) is 6.94. The van der Waals surface area contributed by atoms with Crippen LogP contribution >= 0.6 is 11.6 Å². The van der Waals surface area contributed by atoms with Crippen LogP contribution in [0.4, 0.5) is 10.2 Å². The van der Waals surface area contributed by atoms with Crippen molar-refractivity contribution in [2.75, 3.05) is 5.32 Å². The second-order valence-electron chi connectivity index (χ2n) is 5.01. The van der Waals surface area contributed by atoms with E-state index in [0.29, 0.717) is 24.3 Å². The molecule has 1 unspecified atom stereocenters. The van der Waals surface area contributed by atoms with Gasteiger partial charge in [-0.15, -0.1) is 0 Å². The number of hydrogen-bond acceptors (Lipinski definition) is 3. The summed E-state index contributed by atoms with van der Waals surface area (Å²) in [5.41, 5.74) is 6.47. The summed E-state index contributed by atoms with van der Waals surface area (Å²) >= 11 is 5.66. The summed E-state index contributed by atoms with van der Waals surface area (Å²) in [4.78, 5) is 11.9. The van der Waals surface area contributed by atoms with Crippen molar-refractivity contribution < 1.29 is 9.18 Å². The van der Waals surface area contributed by atoms with Crippen LogP contribution in [0, 0.1) is 5.82 Å². The van der Waals surface area contributed by atoms with Gasteiger partial charge < -0.3 is 11.1 Å². The molecule has 5 nitrogen and oxygen atoms in total. The van der Waals surface area contributed by atoms with Crippen LogP contribution in [0.5, 0.6) is 0 Å². The van der Waals surface area contributed by atoms with Crippen LogP contribution < -0.4 is 11.1 Å². The Morgan fingerprint density at radius 3 is 2.95 bits per heavy atom. The lowest BCUT2D eigenvalue weighted by atomic mass is 10.2. The van der Waals surface area contributed by atoms with Gasteiger partial charge in [-0.1, -0.05) is 31.0 Å². The number of hydrogen-bond donors (Lipinski definition) is 2. The molecule has 0 saturated heterocycles. The number of nitrogens with zero attached hydrogens (tertiary/aromatic N) is 2. The molecule has 1 atom stereocenters. The minimum atomic E-state index is -0.554. The molecule has 1 aromatic carbocycles. The van der Waals surface area contributed by atoms with Gasteiger partial charge >= 0.3 is 0 Å². The Bertz CT molecular complexity index is 659. The Morgan fingerprint density at radius 2 is 2.27 bits per heavy atom. The molecule has 0 fully saturated rings. The predicted octanol–water partition coefficient (Wildman–Crippen LogP) is 2.79. The minimum absolute atomic E-state index is 0.0725. The van der Waals surface area contributed by atoms with Gasteiger partial charge in [0.15, 0.2) is 0 Å². The highest BCUT2D eigenvalue weighted by atomic mass is 35.5. The van der Waals surface area contributed by atoms with Gasteiger partial charge in [0.1, 0.15) is 11.6 Å². The lowest BCUT2D eigenvalue weighted by molar-refractivity contribution is -0.117. The number of aromatic nitrogens is 2. The van der Waals surface area contributed by atoms with E-state index in [1.165, 1.54) is 12.1 Å². The largest absolute Gasteiger partial charge is 0.320 e. The van der Waals surface area contributed by atoms with E-state index in [2.05, 4.69) is 10.4 Å². The standard InChI is InChI=1S/C15H18ClFN4O/c1-2-3-13(18)15(22)20-14-6-7-19-21(14)9-10-4-5-11(16)12(17)8-10/h4-8,13H,2-3,9,18H2,1H3,(H,20,22). The Kier molecular flexibility index (Phi) is 5.51. The molecule has 7 heteroatoms. The van der Waals surface area contributed by atoms with Crippen LogP contribution in [0.2, 0.25) is 5.02 Å². The Balaban J connectivity index is 2.09. The maximum Gasteiger partial charge on any atom is 0.242 e. The molecule has 1 aromatic heterocycles. The Hall–Kier alpha value is -1.92. The van der Waals surface area contributed by atoms with Crippen molar-refractivity contribution in [3.8, 4) is 0 Å². The fraction of sp³-hybridized carbons (Fsp3) is 0.333. The number of halogens is 2. The summed E-state index contributed by atoms with van der Waals surface area (Å²) in [6.45, 7) is 2.28. The molecule has 0 radical (unpaired) electrons. The molecule has 1 heterocycles. The fourth-order valence-electron chi connectivity index (χ4n) is 2.04. The smallest absolute Gasteiger partial charge is 0.242 e. The molecule has 22 heavy (non-hydrogen) atoms. The van der Waals surface area contributed by atoms with E-state index >= 15 is 0 Å². The van der Waals surface area contributed by atoms with Crippen molar-refractivity contribution in [1.82, 2.24) is 9.78 Å². The molecular formula is C15H18ClFN4O. The number of benzene rings is 1. The van der Waals surface area contributed by atoms with E-state index in [4.69, 9.17) is 17.3 Å². The molecular weight excluding hydrogens is 307 g/mol. The van der Waals surface area contributed by atoms with E-state index in [0.717, 1.165) is 6.42 Å². The molecule has 0 aliphatic carbocycles. The number of nitrogens with one attached hydrogen (secondary N) is 1. The first-order valence-corrected chi connectivity index (χ1v) is 7.41. The van der Waals surface area contributed by atoms with Crippen molar-refractivity contribution in [2.45, 2.75) is 32.4 Å². The van der Waals surface area contributed by atoms with Crippen molar-refractivity contribution in [1.29, 1.82) is 0 Å². The third-order valence-corrected chi connectivity index (χ3v) is 3.53. The number of carbonyl (C=O) groups excluding carboxylic acids is 1. The number of rotatable bonds is 6. The molecule has 0 aliphatic heterocycles. The summed E-state index contributed by atoms with van der Waals surface area (Å²) in [7, 11) is 0. The highest BCUT2D eigenvalue weighted by Crippen LogP contribution is 2.17. The van der Waals surface area contributed by atoms with Crippen LogP contribution in [-0.2, 0) is 11.3 Å². The zero-order valence-electron chi connectivity index (χ0n) is 12.2. The Labute approximate surface area is 133 Å². The maximum atomic E-state index is 13.5. The van der Waals surface area contributed by atoms with Crippen LogP contribution in [0.1, 0.15) is 25.3 Å². The summed E-state index contributed by atoms with van der Waals surface area (Å²) in [6.07, 6.45) is 3.01. The topological polar surface area (TPSA) is 72.9 Å². The number of carbonyl (C=O) groups is 1. The van der Waals surface area contributed by atoms with Crippen LogP contribution in [0.25, 0.3) is 0 Å². The number of nitrogens with two attached hydrogens (primary N) is 1. The second kappa shape index (κ2) is 7.38. The minimum Gasteiger partial charge on any atom is -0.320 e. The molecule has 1 amide bonds. The van der Waals surface area contributed by atoms with Gasteiger partial charge in [-0.25, -0.2) is 9.07 Å². The molecule has 118 valence electrons. The SMILES string of the molecule is CCCC(N)C(=O)Nc1ccnn1Cc1ccc(Cl)c(F)c1. The van der Waals surface area contributed by atoms with Crippen molar-refractivity contribution in [2.24, 2.45) is 5.73 Å². The average Bonchev–Trinajstić information content (AvgIpc) is 2.90. The quantitative estimate of drug-likeness (QED) is 0.858. The Morgan fingerprint density at radius 1 is 1.50 bits per heavy atom. The van der Waals surface area contributed by atoms with Gasteiger partial charge in [-0.3, -0.25) is 4.79 Å². The van der Waals surface area contributed by atoms with Gasteiger partial charge in [-0.05, 0) is 24.1 Å². The molecule has 2 rings (SSSR count). The van der Waals surface area contributed by atoms with Gasteiger partial charge in [-0.2, -0.15) is 5.10 Å². The molecule has 3 N–H and O–H groups in total. The van der Waals surface area contributed by atoms with E-state index in [1.54, 1.807) is 23.0 Å². The number of anilines is 1. The van der Waals surface area contributed by atoms with E-state index in [-0.39, 0.29) is 10.9 Å². The summed E-state index contributed by atoms with van der Waals surface area (Å²) in [6, 6.07) is 5.66. The van der Waals surface area contributed by atoms with Gasteiger partial charge in [0.05, 0.1) is 23.8 Å². The molecule has 0 spiro atoms. The lowest BCUT2D eigenvalue weighted by Gasteiger charge is -2.13. The highest BCUT2D eigenvalue weighted by molar-refractivity contribution is 6.30. The number of amides is 1. The molecule has 2 aromatic rings. The van der Waals surface area contributed by atoms with Crippen LogP contribution in [0.3, 0.4) is 0 Å². The van der Waals surface area contributed by atoms with Gasteiger partial charge in [0, 0.05) is 6.07 Å². The van der Waals surface area contributed by atoms with E-state index < -0.39 is 11.9 Å². The van der Waals surface area contributed by atoms with Crippen LogP contribution in [-0.4, -0.2) is 21.7 Å². The summed E-state index contributed by atoms with van der Waals surface area (Å²) in [5.74, 6) is -0.223. The maximum absolute atomic E-state index is 13.5. The van der Waals surface area contributed by atoms with Crippen molar-refractivity contribution in [3.63, 3.8) is 0 Å². The van der Waals surface area contributed by atoms with Crippen molar-refractivity contribution >= 4 is 23.3 Å². The summed E-state index contributed by atoms with van der Waals surface area (Å²) < 4.78 is 15.0. The van der Waals surface area contributed by atoms with Gasteiger partial charge in [0.25, 0.3) is 0 Å². The lowest BCUT2D eigenvalue weighted by Crippen LogP contribution is -2.36.